The minimum absolute atomic E-state index is 0.168. The number of hydrogen-bond donors (Lipinski definition) is 1. The zero-order valence-electron chi connectivity index (χ0n) is 10.5. The fourth-order valence-corrected chi connectivity index (χ4v) is 2.86. The molecule has 2 nitrogen and oxygen atoms in total. The van der Waals surface area contributed by atoms with Gasteiger partial charge in [-0.2, -0.15) is 0 Å². The summed E-state index contributed by atoms with van der Waals surface area (Å²) < 4.78 is 27.5. The third-order valence-corrected chi connectivity index (χ3v) is 4.21. The molecule has 1 N–H and O–H groups in total. The number of rotatable bonds is 2. The van der Waals surface area contributed by atoms with Crippen molar-refractivity contribution in [2.24, 2.45) is 5.92 Å². The molecular formula is C13H17BrF2N2. The minimum atomic E-state index is -0.421. The van der Waals surface area contributed by atoms with Crippen molar-refractivity contribution in [3.05, 3.63) is 28.2 Å². The number of nitrogens with one attached hydrogen (secondary N) is 1. The summed E-state index contributed by atoms with van der Waals surface area (Å²) in [7, 11) is 1.94. The van der Waals surface area contributed by atoms with Gasteiger partial charge in [-0.05, 0) is 41.4 Å². The second kappa shape index (κ2) is 5.53. The van der Waals surface area contributed by atoms with E-state index < -0.39 is 5.82 Å². The summed E-state index contributed by atoms with van der Waals surface area (Å²) in [6.45, 7) is 3.61. The maximum atomic E-state index is 13.9. The van der Waals surface area contributed by atoms with Crippen LogP contribution in [0.3, 0.4) is 0 Å². The van der Waals surface area contributed by atoms with Gasteiger partial charge in [0.1, 0.15) is 11.6 Å². The van der Waals surface area contributed by atoms with E-state index in [1.807, 2.05) is 11.9 Å². The highest BCUT2D eigenvalue weighted by Gasteiger charge is 2.26. The van der Waals surface area contributed by atoms with Gasteiger partial charge in [-0.3, -0.25) is 0 Å². The van der Waals surface area contributed by atoms with Crippen LogP contribution in [0.15, 0.2) is 16.6 Å². The van der Waals surface area contributed by atoms with Crippen LogP contribution in [-0.4, -0.2) is 26.2 Å². The van der Waals surface area contributed by atoms with Crippen LogP contribution in [0.5, 0.6) is 0 Å². The first-order valence-corrected chi connectivity index (χ1v) is 6.89. The van der Waals surface area contributed by atoms with Crippen molar-refractivity contribution in [2.45, 2.75) is 19.4 Å². The van der Waals surface area contributed by atoms with Crippen molar-refractivity contribution in [1.82, 2.24) is 5.32 Å². The van der Waals surface area contributed by atoms with Crippen LogP contribution in [0.4, 0.5) is 14.5 Å². The molecule has 0 amide bonds. The van der Waals surface area contributed by atoms with Crippen molar-refractivity contribution in [3.63, 3.8) is 0 Å². The highest BCUT2D eigenvalue weighted by atomic mass is 79.9. The molecule has 1 saturated heterocycles. The van der Waals surface area contributed by atoms with Gasteiger partial charge in [0, 0.05) is 25.2 Å². The van der Waals surface area contributed by atoms with Crippen LogP contribution in [0.25, 0.3) is 0 Å². The maximum absolute atomic E-state index is 13.9. The predicted molar refractivity (Wildman–Crippen MR) is 72.9 cm³/mol. The Bertz CT molecular complexity index is 439. The lowest BCUT2D eigenvalue weighted by Gasteiger charge is -2.38. The van der Waals surface area contributed by atoms with E-state index in [9.17, 15) is 8.78 Å². The van der Waals surface area contributed by atoms with Crippen LogP contribution in [0, 0.1) is 17.6 Å². The second-order valence-corrected chi connectivity index (χ2v) is 5.68. The molecular weight excluding hydrogens is 302 g/mol. The van der Waals surface area contributed by atoms with Crippen molar-refractivity contribution >= 4 is 21.6 Å². The molecule has 0 aliphatic carbocycles. The number of piperidine rings is 1. The van der Waals surface area contributed by atoms with Gasteiger partial charge < -0.3 is 10.2 Å². The Morgan fingerprint density at radius 3 is 2.67 bits per heavy atom. The lowest BCUT2D eigenvalue weighted by Crippen LogP contribution is -2.47. The van der Waals surface area contributed by atoms with Crippen molar-refractivity contribution in [3.8, 4) is 0 Å². The van der Waals surface area contributed by atoms with Gasteiger partial charge in [0.05, 0.1) is 10.2 Å². The van der Waals surface area contributed by atoms with Gasteiger partial charge in [0.15, 0.2) is 0 Å². The van der Waals surface area contributed by atoms with Crippen LogP contribution < -0.4 is 10.2 Å². The monoisotopic (exact) mass is 318 g/mol. The molecule has 1 aliphatic rings. The van der Waals surface area contributed by atoms with Crippen molar-refractivity contribution in [2.75, 3.05) is 25.0 Å². The normalized spacial score (nSPS) is 24.4. The average Bonchev–Trinajstić information content (AvgIpc) is 2.33. The topological polar surface area (TPSA) is 15.3 Å². The van der Waals surface area contributed by atoms with E-state index in [0.29, 0.717) is 17.6 Å². The molecule has 2 rings (SSSR count). The zero-order valence-corrected chi connectivity index (χ0v) is 12.1. The van der Waals surface area contributed by atoms with Gasteiger partial charge in [-0.15, -0.1) is 0 Å². The Kier molecular flexibility index (Phi) is 4.22. The largest absolute Gasteiger partial charge is 0.369 e. The summed E-state index contributed by atoms with van der Waals surface area (Å²) >= 11 is 2.99. The lowest BCUT2D eigenvalue weighted by atomic mass is 9.93. The lowest BCUT2D eigenvalue weighted by molar-refractivity contribution is 0.337. The fraction of sp³-hybridized carbons (Fsp3) is 0.538. The second-order valence-electron chi connectivity index (χ2n) is 4.82. The van der Waals surface area contributed by atoms with E-state index >= 15 is 0 Å². The zero-order chi connectivity index (χ0) is 13.3. The SMILES string of the molecule is CNC1CCN(c2cc(F)c(Br)cc2F)CC1C. The van der Waals surface area contributed by atoms with Gasteiger partial charge in [0.2, 0.25) is 0 Å². The molecule has 0 aromatic heterocycles. The molecule has 1 aliphatic heterocycles. The van der Waals surface area contributed by atoms with Gasteiger partial charge in [-0.1, -0.05) is 6.92 Å². The first-order chi connectivity index (χ1) is 8.52. The van der Waals surface area contributed by atoms with Crippen LogP contribution in [0.2, 0.25) is 0 Å². The molecule has 1 aromatic carbocycles. The van der Waals surface area contributed by atoms with E-state index in [1.54, 1.807) is 0 Å². The maximum Gasteiger partial charge on any atom is 0.147 e. The Balaban J connectivity index is 2.20. The van der Waals surface area contributed by atoms with Gasteiger partial charge in [-0.25, -0.2) is 8.78 Å². The van der Waals surface area contributed by atoms with Crippen molar-refractivity contribution in [1.29, 1.82) is 0 Å². The summed E-state index contributed by atoms with van der Waals surface area (Å²) in [4.78, 5) is 1.92. The van der Waals surface area contributed by atoms with E-state index in [0.717, 1.165) is 19.5 Å². The van der Waals surface area contributed by atoms with E-state index in [4.69, 9.17) is 0 Å². The standard InChI is InChI=1S/C13H17BrF2N2/c1-8-7-18(4-3-12(8)17-2)13-6-10(15)9(14)5-11(13)16/h5-6,8,12,17H,3-4,7H2,1-2H3. The van der Waals surface area contributed by atoms with E-state index in [-0.39, 0.29) is 10.3 Å². The van der Waals surface area contributed by atoms with Crippen LogP contribution in [-0.2, 0) is 0 Å². The van der Waals surface area contributed by atoms with E-state index in [1.165, 1.54) is 12.1 Å². The van der Waals surface area contributed by atoms with Crippen LogP contribution in [0.1, 0.15) is 13.3 Å². The van der Waals surface area contributed by atoms with Gasteiger partial charge in [0.25, 0.3) is 0 Å². The predicted octanol–water partition coefficient (Wildman–Crippen LogP) is 3.16. The summed E-state index contributed by atoms with van der Waals surface area (Å²) in [5.41, 5.74) is 0.358. The Morgan fingerprint density at radius 1 is 1.33 bits per heavy atom. The van der Waals surface area contributed by atoms with Crippen LogP contribution >= 0.6 is 15.9 Å². The molecule has 1 aromatic rings. The van der Waals surface area contributed by atoms with Crippen molar-refractivity contribution < 1.29 is 8.78 Å². The Labute approximate surface area is 114 Å². The third kappa shape index (κ3) is 2.67. The minimum Gasteiger partial charge on any atom is -0.369 e. The number of hydrogen-bond acceptors (Lipinski definition) is 2. The molecule has 0 bridgehead atoms. The van der Waals surface area contributed by atoms with Gasteiger partial charge >= 0.3 is 0 Å². The number of nitrogens with zero attached hydrogens (tertiary/aromatic N) is 1. The summed E-state index contributed by atoms with van der Waals surface area (Å²) in [5.74, 6) is -0.386. The highest BCUT2D eigenvalue weighted by Crippen LogP contribution is 2.29. The number of benzene rings is 1. The first-order valence-electron chi connectivity index (χ1n) is 6.09. The quantitative estimate of drug-likeness (QED) is 0.843. The molecule has 2 atom stereocenters. The summed E-state index contributed by atoms with van der Waals surface area (Å²) in [5, 5.41) is 3.26. The average molecular weight is 319 g/mol. The smallest absolute Gasteiger partial charge is 0.147 e. The third-order valence-electron chi connectivity index (χ3n) is 3.61. The molecule has 18 heavy (non-hydrogen) atoms. The first kappa shape index (κ1) is 13.7. The molecule has 0 saturated carbocycles. The Morgan fingerprint density at radius 2 is 2.06 bits per heavy atom. The molecule has 1 fully saturated rings. The Hall–Kier alpha value is -0.680. The molecule has 5 heteroatoms. The fourth-order valence-electron chi connectivity index (χ4n) is 2.55. The molecule has 1 heterocycles. The number of anilines is 1. The molecule has 2 unspecified atom stereocenters. The summed E-state index contributed by atoms with van der Waals surface area (Å²) in [6.07, 6.45) is 0.939. The molecule has 0 spiro atoms. The number of halogens is 3. The van der Waals surface area contributed by atoms with E-state index in [2.05, 4.69) is 28.2 Å². The summed E-state index contributed by atoms with van der Waals surface area (Å²) in [6, 6.07) is 2.91. The highest BCUT2D eigenvalue weighted by molar-refractivity contribution is 9.10. The molecule has 0 radical (unpaired) electrons. The molecule has 100 valence electrons.